The number of carbonyl (C=O) groups excluding carboxylic acids is 2. The van der Waals surface area contributed by atoms with Crippen molar-refractivity contribution < 1.29 is 19.2 Å². The van der Waals surface area contributed by atoms with E-state index in [0.29, 0.717) is 12.0 Å². The summed E-state index contributed by atoms with van der Waals surface area (Å²) < 4.78 is 7.08. The standard InChI is InChI=1S/C24H27N3O5/c1-3-32-24(29)15-21(17-8-6-10-19(14-17)27(30)31)25-23(28)13-7-9-18-16-26(2)22-12-5-4-11-20(18)22/h4-6,8,10-12,14,16,21H,3,7,9,13,15H2,1-2H3,(H,25,28)/t21-/m1/s1. The van der Waals surface area contributed by atoms with Crippen molar-refractivity contribution in [3.8, 4) is 0 Å². The molecule has 32 heavy (non-hydrogen) atoms. The second kappa shape index (κ2) is 10.6. The van der Waals surface area contributed by atoms with Gasteiger partial charge in [0, 0.05) is 42.7 Å². The summed E-state index contributed by atoms with van der Waals surface area (Å²) in [6, 6.07) is 13.4. The number of aryl methyl sites for hydroxylation is 2. The number of benzene rings is 2. The van der Waals surface area contributed by atoms with Crippen molar-refractivity contribution in [3.05, 3.63) is 76.0 Å². The van der Waals surface area contributed by atoms with Crippen LogP contribution in [0.3, 0.4) is 0 Å². The number of non-ortho nitro benzene ring substituents is 1. The summed E-state index contributed by atoms with van der Waals surface area (Å²) in [4.78, 5) is 35.3. The molecule has 0 aliphatic heterocycles. The highest BCUT2D eigenvalue weighted by Gasteiger charge is 2.21. The lowest BCUT2D eigenvalue weighted by atomic mass is 10.0. The van der Waals surface area contributed by atoms with Crippen molar-refractivity contribution in [1.82, 2.24) is 9.88 Å². The van der Waals surface area contributed by atoms with Gasteiger partial charge in [0.1, 0.15) is 0 Å². The Morgan fingerprint density at radius 1 is 1.19 bits per heavy atom. The fraction of sp³-hybridized carbons (Fsp3) is 0.333. The molecule has 1 N–H and O–H groups in total. The van der Waals surface area contributed by atoms with Crippen molar-refractivity contribution in [3.63, 3.8) is 0 Å². The van der Waals surface area contributed by atoms with E-state index in [0.717, 1.165) is 11.9 Å². The maximum atomic E-state index is 12.6. The molecule has 3 rings (SSSR count). The van der Waals surface area contributed by atoms with Crippen LogP contribution in [0, 0.1) is 10.1 Å². The Hall–Kier alpha value is -3.68. The van der Waals surface area contributed by atoms with Gasteiger partial charge in [0.2, 0.25) is 5.91 Å². The molecule has 0 radical (unpaired) electrons. The van der Waals surface area contributed by atoms with E-state index in [1.165, 1.54) is 29.1 Å². The minimum atomic E-state index is -0.695. The molecule has 168 valence electrons. The Morgan fingerprint density at radius 2 is 1.97 bits per heavy atom. The number of hydrogen-bond donors (Lipinski definition) is 1. The molecule has 0 aliphatic carbocycles. The zero-order chi connectivity index (χ0) is 23.1. The van der Waals surface area contributed by atoms with Gasteiger partial charge in [-0.15, -0.1) is 0 Å². The van der Waals surface area contributed by atoms with Crippen LogP contribution in [-0.2, 0) is 27.8 Å². The highest BCUT2D eigenvalue weighted by atomic mass is 16.6. The number of aromatic nitrogens is 1. The number of nitro groups is 1. The molecule has 0 saturated heterocycles. The first-order chi connectivity index (χ1) is 15.4. The average molecular weight is 437 g/mol. The molecule has 3 aromatic rings. The Bertz CT molecular complexity index is 1120. The average Bonchev–Trinajstić information content (AvgIpc) is 3.09. The van der Waals surface area contributed by atoms with E-state index in [-0.39, 0.29) is 31.0 Å². The van der Waals surface area contributed by atoms with Crippen LogP contribution in [0.25, 0.3) is 10.9 Å². The first kappa shape index (κ1) is 23.0. The first-order valence-corrected chi connectivity index (χ1v) is 10.6. The maximum absolute atomic E-state index is 12.6. The first-order valence-electron chi connectivity index (χ1n) is 10.6. The summed E-state index contributed by atoms with van der Waals surface area (Å²) in [7, 11) is 2.00. The molecule has 1 aromatic heterocycles. The SMILES string of the molecule is CCOC(=O)C[C@@H](NC(=O)CCCc1cn(C)c2ccccc12)c1cccc([N+](=O)[O-])c1. The molecular weight excluding hydrogens is 410 g/mol. The summed E-state index contributed by atoms with van der Waals surface area (Å²) in [6.07, 6.45) is 3.64. The van der Waals surface area contributed by atoms with Crippen LogP contribution in [0.1, 0.15) is 43.4 Å². The number of nitrogens with zero attached hydrogens (tertiary/aromatic N) is 2. The minimum Gasteiger partial charge on any atom is -0.466 e. The van der Waals surface area contributed by atoms with Gasteiger partial charge in [-0.05, 0) is 37.0 Å². The quantitative estimate of drug-likeness (QED) is 0.291. The number of rotatable bonds is 10. The molecule has 8 nitrogen and oxygen atoms in total. The molecule has 1 amide bonds. The molecule has 2 aromatic carbocycles. The van der Waals surface area contributed by atoms with E-state index >= 15 is 0 Å². The molecule has 1 atom stereocenters. The van der Waals surface area contributed by atoms with Crippen LogP contribution in [-0.4, -0.2) is 28.0 Å². The Balaban J connectivity index is 1.65. The number of fused-ring (bicyclic) bond motifs is 1. The Labute approximate surface area is 186 Å². The topological polar surface area (TPSA) is 103 Å². The number of amides is 1. The summed E-state index contributed by atoms with van der Waals surface area (Å²) in [5, 5.41) is 15.1. The number of hydrogen-bond acceptors (Lipinski definition) is 5. The highest BCUT2D eigenvalue weighted by molar-refractivity contribution is 5.84. The van der Waals surface area contributed by atoms with Gasteiger partial charge < -0.3 is 14.6 Å². The summed E-state index contributed by atoms with van der Waals surface area (Å²) in [6.45, 7) is 1.92. The maximum Gasteiger partial charge on any atom is 0.308 e. The van der Waals surface area contributed by atoms with Gasteiger partial charge in [0.05, 0.1) is 24.0 Å². The van der Waals surface area contributed by atoms with Crippen LogP contribution in [0.5, 0.6) is 0 Å². The highest BCUT2D eigenvalue weighted by Crippen LogP contribution is 2.24. The fourth-order valence-electron chi connectivity index (χ4n) is 3.82. The fourth-order valence-corrected chi connectivity index (χ4v) is 3.82. The summed E-state index contributed by atoms with van der Waals surface area (Å²) >= 11 is 0. The second-order valence-electron chi connectivity index (χ2n) is 7.62. The van der Waals surface area contributed by atoms with E-state index in [4.69, 9.17) is 4.74 Å². The molecule has 0 aliphatic rings. The van der Waals surface area contributed by atoms with Gasteiger partial charge in [0.25, 0.3) is 5.69 Å². The lowest BCUT2D eigenvalue weighted by molar-refractivity contribution is -0.384. The number of para-hydroxylation sites is 1. The lowest BCUT2D eigenvalue weighted by Crippen LogP contribution is -2.30. The largest absolute Gasteiger partial charge is 0.466 e. The number of ether oxygens (including phenoxy) is 1. The van der Waals surface area contributed by atoms with E-state index in [1.54, 1.807) is 13.0 Å². The normalized spacial score (nSPS) is 11.8. The molecule has 0 bridgehead atoms. The van der Waals surface area contributed by atoms with Crippen LogP contribution >= 0.6 is 0 Å². The number of carbonyl (C=O) groups is 2. The van der Waals surface area contributed by atoms with E-state index in [1.807, 2.05) is 19.2 Å². The van der Waals surface area contributed by atoms with Crippen LogP contribution in [0.4, 0.5) is 5.69 Å². The van der Waals surface area contributed by atoms with Crippen molar-refractivity contribution in [2.75, 3.05) is 6.61 Å². The lowest BCUT2D eigenvalue weighted by Gasteiger charge is -2.18. The van der Waals surface area contributed by atoms with Gasteiger partial charge in [-0.1, -0.05) is 30.3 Å². The number of esters is 1. The van der Waals surface area contributed by atoms with Crippen molar-refractivity contribution in [2.45, 2.75) is 38.6 Å². The molecule has 8 heteroatoms. The molecule has 0 unspecified atom stereocenters. The minimum absolute atomic E-state index is 0.0932. The predicted octanol–water partition coefficient (Wildman–Crippen LogP) is 4.22. The molecule has 0 saturated carbocycles. The zero-order valence-corrected chi connectivity index (χ0v) is 18.2. The molecular formula is C24H27N3O5. The Morgan fingerprint density at radius 3 is 2.72 bits per heavy atom. The molecule has 0 spiro atoms. The van der Waals surface area contributed by atoms with Gasteiger partial charge >= 0.3 is 5.97 Å². The van der Waals surface area contributed by atoms with Gasteiger partial charge in [-0.25, -0.2) is 0 Å². The zero-order valence-electron chi connectivity index (χ0n) is 18.2. The van der Waals surface area contributed by atoms with Crippen LogP contribution < -0.4 is 5.32 Å². The van der Waals surface area contributed by atoms with E-state index in [9.17, 15) is 19.7 Å². The van der Waals surface area contributed by atoms with Crippen molar-refractivity contribution in [2.24, 2.45) is 7.05 Å². The second-order valence-corrected chi connectivity index (χ2v) is 7.62. The van der Waals surface area contributed by atoms with Crippen molar-refractivity contribution >= 4 is 28.5 Å². The van der Waals surface area contributed by atoms with E-state index in [2.05, 4.69) is 28.2 Å². The third kappa shape index (κ3) is 5.72. The third-order valence-corrected chi connectivity index (χ3v) is 5.32. The third-order valence-electron chi connectivity index (χ3n) is 5.32. The number of nitrogens with one attached hydrogen (secondary N) is 1. The van der Waals surface area contributed by atoms with Crippen LogP contribution in [0.15, 0.2) is 54.7 Å². The van der Waals surface area contributed by atoms with E-state index < -0.39 is 16.9 Å². The predicted molar refractivity (Wildman–Crippen MR) is 121 cm³/mol. The molecule has 0 fully saturated rings. The smallest absolute Gasteiger partial charge is 0.308 e. The van der Waals surface area contributed by atoms with Crippen LogP contribution in [0.2, 0.25) is 0 Å². The Kier molecular flexibility index (Phi) is 7.59. The number of nitro benzene ring substituents is 1. The van der Waals surface area contributed by atoms with Gasteiger partial charge in [-0.3, -0.25) is 19.7 Å². The summed E-state index contributed by atoms with van der Waals surface area (Å²) in [5.74, 6) is -0.689. The van der Waals surface area contributed by atoms with Gasteiger partial charge in [0.15, 0.2) is 0 Å². The van der Waals surface area contributed by atoms with Gasteiger partial charge in [-0.2, -0.15) is 0 Å². The molecule has 1 heterocycles. The monoisotopic (exact) mass is 437 g/mol. The van der Waals surface area contributed by atoms with Crippen molar-refractivity contribution in [1.29, 1.82) is 0 Å². The summed E-state index contributed by atoms with van der Waals surface area (Å²) in [5.41, 5.74) is 2.72.